The Hall–Kier alpha value is -2.17. The standard InChI is InChI=1S/C15H21N3O2/c1-15(2,3)18-9-12(16)14(17-18)11-7-6-10(19-4)8-13(11)20-5/h6-9H,16H2,1-5H3. The minimum atomic E-state index is -0.119. The topological polar surface area (TPSA) is 62.3 Å². The van der Waals surface area contributed by atoms with Crippen LogP contribution in [-0.4, -0.2) is 24.0 Å². The number of ether oxygens (including phenoxy) is 2. The van der Waals surface area contributed by atoms with E-state index >= 15 is 0 Å². The first-order valence-corrected chi connectivity index (χ1v) is 6.45. The van der Waals surface area contributed by atoms with Gasteiger partial charge in [-0.25, -0.2) is 0 Å². The largest absolute Gasteiger partial charge is 0.497 e. The van der Waals surface area contributed by atoms with Crippen LogP contribution in [0, 0.1) is 0 Å². The summed E-state index contributed by atoms with van der Waals surface area (Å²) in [6, 6.07) is 5.60. The molecule has 0 aliphatic rings. The van der Waals surface area contributed by atoms with Crippen LogP contribution in [0.1, 0.15) is 20.8 Å². The maximum atomic E-state index is 6.09. The van der Waals surface area contributed by atoms with Crippen molar-refractivity contribution in [3.8, 4) is 22.8 Å². The monoisotopic (exact) mass is 275 g/mol. The number of anilines is 1. The van der Waals surface area contributed by atoms with E-state index in [0.717, 1.165) is 17.0 Å². The molecule has 0 fully saturated rings. The fourth-order valence-corrected chi connectivity index (χ4v) is 1.93. The van der Waals surface area contributed by atoms with Crippen LogP contribution in [0.5, 0.6) is 11.5 Å². The third-order valence-corrected chi connectivity index (χ3v) is 3.09. The van der Waals surface area contributed by atoms with Crippen molar-refractivity contribution in [1.82, 2.24) is 9.78 Å². The first-order chi connectivity index (χ1) is 9.36. The smallest absolute Gasteiger partial charge is 0.132 e. The van der Waals surface area contributed by atoms with E-state index in [0.29, 0.717) is 11.4 Å². The highest BCUT2D eigenvalue weighted by Gasteiger charge is 2.19. The summed E-state index contributed by atoms with van der Waals surface area (Å²) in [5, 5.41) is 4.59. The average molecular weight is 275 g/mol. The second-order valence-electron chi connectivity index (χ2n) is 5.61. The van der Waals surface area contributed by atoms with E-state index < -0.39 is 0 Å². The molecular formula is C15H21N3O2. The van der Waals surface area contributed by atoms with E-state index in [1.54, 1.807) is 14.2 Å². The molecule has 0 atom stereocenters. The molecule has 1 heterocycles. The van der Waals surface area contributed by atoms with Crippen LogP contribution in [-0.2, 0) is 5.54 Å². The molecule has 0 unspecified atom stereocenters. The maximum absolute atomic E-state index is 6.09. The Balaban J connectivity index is 2.54. The van der Waals surface area contributed by atoms with Gasteiger partial charge in [-0.1, -0.05) is 0 Å². The Morgan fingerprint density at radius 1 is 1.15 bits per heavy atom. The van der Waals surface area contributed by atoms with Gasteiger partial charge in [0, 0.05) is 17.8 Å². The van der Waals surface area contributed by atoms with Crippen LogP contribution in [0.2, 0.25) is 0 Å². The Bertz CT molecular complexity index is 612. The normalized spacial score (nSPS) is 11.4. The molecule has 1 aromatic carbocycles. The van der Waals surface area contributed by atoms with Crippen molar-refractivity contribution >= 4 is 5.69 Å². The lowest BCUT2D eigenvalue weighted by Gasteiger charge is -2.18. The highest BCUT2D eigenvalue weighted by atomic mass is 16.5. The second-order valence-corrected chi connectivity index (χ2v) is 5.61. The van der Waals surface area contributed by atoms with Gasteiger partial charge >= 0.3 is 0 Å². The van der Waals surface area contributed by atoms with Crippen LogP contribution in [0.25, 0.3) is 11.3 Å². The summed E-state index contributed by atoms with van der Waals surface area (Å²) in [6.45, 7) is 6.23. The molecule has 20 heavy (non-hydrogen) atoms. The fourth-order valence-electron chi connectivity index (χ4n) is 1.93. The van der Waals surface area contributed by atoms with Crippen LogP contribution < -0.4 is 15.2 Å². The summed E-state index contributed by atoms with van der Waals surface area (Å²) in [5.41, 5.74) is 8.18. The van der Waals surface area contributed by atoms with Crippen LogP contribution in [0.3, 0.4) is 0 Å². The average Bonchev–Trinajstić information content (AvgIpc) is 2.80. The maximum Gasteiger partial charge on any atom is 0.132 e. The number of aromatic nitrogens is 2. The molecule has 2 rings (SSSR count). The molecular weight excluding hydrogens is 254 g/mol. The lowest BCUT2D eigenvalue weighted by atomic mass is 10.1. The number of nitrogen functional groups attached to an aromatic ring is 1. The zero-order valence-corrected chi connectivity index (χ0v) is 12.6. The molecule has 0 saturated heterocycles. The van der Waals surface area contributed by atoms with Gasteiger partial charge in [-0.3, -0.25) is 4.68 Å². The minimum absolute atomic E-state index is 0.119. The van der Waals surface area contributed by atoms with Crippen LogP contribution >= 0.6 is 0 Å². The predicted molar refractivity (Wildman–Crippen MR) is 80.2 cm³/mol. The van der Waals surface area contributed by atoms with Crippen molar-refractivity contribution in [1.29, 1.82) is 0 Å². The number of nitrogens with two attached hydrogens (primary N) is 1. The highest BCUT2D eigenvalue weighted by molar-refractivity contribution is 5.77. The summed E-state index contributed by atoms with van der Waals surface area (Å²) in [4.78, 5) is 0. The van der Waals surface area contributed by atoms with E-state index in [2.05, 4.69) is 25.9 Å². The third kappa shape index (κ3) is 2.57. The molecule has 0 aliphatic heterocycles. The van der Waals surface area contributed by atoms with Gasteiger partial charge in [0.15, 0.2) is 0 Å². The van der Waals surface area contributed by atoms with Gasteiger partial charge in [0.2, 0.25) is 0 Å². The van der Waals surface area contributed by atoms with E-state index in [-0.39, 0.29) is 5.54 Å². The van der Waals surface area contributed by atoms with E-state index in [9.17, 15) is 0 Å². The van der Waals surface area contributed by atoms with Crippen molar-refractivity contribution in [3.05, 3.63) is 24.4 Å². The second kappa shape index (κ2) is 5.07. The Kier molecular flexibility index (Phi) is 3.61. The van der Waals surface area contributed by atoms with E-state index in [1.807, 2.05) is 29.1 Å². The molecule has 0 radical (unpaired) electrons. The molecule has 0 bridgehead atoms. The van der Waals surface area contributed by atoms with Gasteiger partial charge in [-0.05, 0) is 32.9 Å². The Morgan fingerprint density at radius 2 is 1.85 bits per heavy atom. The summed E-state index contributed by atoms with van der Waals surface area (Å²) in [6.07, 6.45) is 1.85. The SMILES string of the molecule is COc1ccc(-c2nn(C(C)(C)C)cc2N)c(OC)c1. The summed E-state index contributed by atoms with van der Waals surface area (Å²) in [5.74, 6) is 1.43. The molecule has 0 spiro atoms. The molecule has 2 aromatic rings. The van der Waals surface area contributed by atoms with Gasteiger partial charge in [0.25, 0.3) is 0 Å². The number of rotatable bonds is 3. The zero-order valence-electron chi connectivity index (χ0n) is 12.6. The molecule has 1 aromatic heterocycles. The van der Waals surface area contributed by atoms with Gasteiger partial charge in [0.1, 0.15) is 17.2 Å². The number of benzene rings is 1. The van der Waals surface area contributed by atoms with Gasteiger partial charge in [0.05, 0.1) is 25.4 Å². The molecule has 0 saturated carbocycles. The van der Waals surface area contributed by atoms with Gasteiger partial charge < -0.3 is 15.2 Å². The molecule has 5 heteroatoms. The van der Waals surface area contributed by atoms with Crippen molar-refractivity contribution in [3.63, 3.8) is 0 Å². The number of hydrogen-bond acceptors (Lipinski definition) is 4. The summed E-state index contributed by atoms with van der Waals surface area (Å²) < 4.78 is 12.5. The predicted octanol–water partition coefficient (Wildman–Crippen LogP) is 2.90. The molecule has 5 nitrogen and oxygen atoms in total. The number of nitrogens with zero attached hydrogens (tertiary/aromatic N) is 2. The van der Waals surface area contributed by atoms with E-state index in [1.165, 1.54) is 0 Å². The zero-order chi connectivity index (χ0) is 14.9. The van der Waals surface area contributed by atoms with Gasteiger partial charge in [-0.15, -0.1) is 0 Å². The summed E-state index contributed by atoms with van der Waals surface area (Å²) >= 11 is 0. The minimum Gasteiger partial charge on any atom is -0.497 e. The van der Waals surface area contributed by atoms with Crippen molar-refractivity contribution in [2.75, 3.05) is 20.0 Å². The highest BCUT2D eigenvalue weighted by Crippen LogP contribution is 2.36. The Labute approximate surface area is 119 Å². The van der Waals surface area contributed by atoms with Crippen molar-refractivity contribution < 1.29 is 9.47 Å². The fraction of sp³-hybridized carbons (Fsp3) is 0.400. The summed E-state index contributed by atoms with van der Waals surface area (Å²) in [7, 11) is 3.24. The lowest BCUT2D eigenvalue weighted by molar-refractivity contribution is 0.356. The van der Waals surface area contributed by atoms with Crippen LogP contribution in [0.15, 0.2) is 24.4 Å². The molecule has 0 amide bonds. The first-order valence-electron chi connectivity index (χ1n) is 6.45. The van der Waals surface area contributed by atoms with Crippen LogP contribution in [0.4, 0.5) is 5.69 Å². The molecule has 0 aliphatic carbocycles. The van der Waals surface area contributed by atoms with Crippen molar-refractivity contribution in [2.24, 2.45) is 0 Å². The lowest BCUT2D eigenvalue weighted by Crippen LogP contribution is -2.22. The van der Waals surface area contributed by atoms with Gasteiger partial charge in [-0.2, -0.15) is 5.10 Å². The van der Waals surface area contributed by atoms with Crippen molar-refractivity contribution in [2.45, 2.75) is 26.3 Å². The third-order valence-electron chi connectivity index (χ3n) is 3.09. The Morgan fingerprint density at radius 3 is 2.35 bits per heavy atom. The number of methoxy groups -OCH3 is 2. The molecule has 2 N–H and O–H groups in total. The quantitative estimate of drug-likeness (QED) is 0.935. The van der Waals surface area contributed by atoms with E-state index in [4.69, 9.17) is 15.2 Å². The first kappa shape index (κ1) is 14.2. The number of hydrogen-bond donors (Lipinski definition) is 1. The molecule has 108 valence electrons.